The lowest BCUT2D eigenvalue weighted by Gasteiger charge is -2.10. The second-order valence-corrected chi connectivity index (χ2v) is 2.71. The molecule has 1 atom stereocenters. The summed E-state index contributed by atoms with van der Waals surface area (Å²) >= 11 is 0. The van der Waals surface area contributed by atoms with Gasteiger partial charge in [-0.1, -0.05) is 38.3 Å². The van der Waals surface area contributed by atoms with Gasteiger partial charge in [0.1, 0.15) is 0 Å². The van der Waals surface area contributed by atoms with Crippen molar-refractivity contribution in [3.05, 3.63) is 37.0 Å². The molecule has 1 heteroatoms. The number of rotatable bonds is 6. The van der Waals surface area contributed by atoms with Gasteiger partial charge in [-0.25, -0.2) is 0 Å². The van der Waals surface area contributed by atoms with E-state index in [1.165, 1.54) is 0 Å². The maximum Gasteiger partial charge on any atom is 0.0720 e. The number of hydrogen-bond acceptors (Lipinski definition) is 1. The van der Waals surface area contributed by atoms with Crippen molar-refractivity contribution in [1.29, 1.82) is 0 Å². The highest BCUT2D eigenvalue weighted by Gasteiger charge is 1.98. The van der Waals surface area contributed by atoms with Gasteiger partial charge in [0, 0.05) is 0 Å². The van der Waals surface area contributed by atoms with Crippen LogP contribution in [0.15, 0.2) is 37.0 Å². The quantitative estimate of drug-likeness (QED) is 0.551. The van der Waals surface area contributed by atoms with Gasteiger partial charge in [0.2, 0.25) is 0 Å². The van der Waals surface area contributed by atoms with Gasteiger partial charge in [-0.3, -0.25) is 0 Å². The summed E-state index contributed by atoms with van der Waals surface area (Å²) in [6.07, 6.45) is 6.81. The summed E-state index contributed by atoms with van der Waals surface area (Å²) in [7, 11) is 0. The molecule has 0 saturated heterocycles. The molecule has 0 aromatic rings. The van der Waals surface area contributed by atoms with Gasteiger partial charge in [0.15, 0.2) is 0 Å². The maximum absolute atomic E-state index is 5.51. The summed E-state index contributed by atoms with van der Waals surface area (Å²) < 4.78 is 5.51. The average molecular weight is 166 g/mol. The molecule has 12 heavy (non-hydrogen) atoms. The summed E-state index contributed by atoms with van der Waals surface area (Å²) in [5.41, 5.74) is 1.07. The van der Waals surface area contributed by atoms with E-state index in [0.29, 0.717) is 12.7 Å². The van der Waals surface area contributed by atoms with E-state index in [1.54, 1.807) is 12.2 Å². The van der Waals surface area contributed by atoms with Crippen LogP contribution in [0.4, 0.5) is 0 Å². The van der Waals surface area contributed by atoms with E-state index in [9.17, 15) is 0 Å². The van der Waals surface area contributed by atoms with Gasteiger partial charge in [0.05, 0.1) is 12.7 Å². The summed E-state index contributed by atoms with van der Waals surface area (Å²) in [5, 5.41) is 0. The van der Waals surface area contributed by atoms with E-state index in [1.807, 2.05) is 6.08 Å². The molecule has 0 aromatic heterocycles. The van der Waals surface area contributed by atoms with Crippen molar-refractivity contribution >= 4 is 0 Å². The van der Waals surface area contributed by atoms with Gasteiger partial charge in [-0.15, -0.1) is 0 Å². The highest BCUT2D eigenvalue weighted by molar-refractivity contribution is 5.21. The molecule has 0 aromatic carbocycles. The lowest BCUT2D eigenvalue weighted by molar-refractivity contribution is 0.0823. The SMILES string of the molecule is C=C/C=C(\C=C)COC(C)CC. The lowest BCUT2D eigenvalue weighted by atomic mass is 10.2. The van der Waals surface area contributed by atoms with Crippen molar-refractivity contribution in [1.82, 2.24) is 0 Å². The molecule has 1 nitrogen and oxygen atoms in total. The van der Waals surface area contributed by atoms with Crippen LogP contribution < -0.4 is 0 Å². The zero-order valence-electron chi connectivity index (χ0n) is 8.05. The third-order valence-corrected chi connectivity index (χ3v) is 1.70. The first kappa shape index (κ1) is 11.2. The minimum absolute atomic E-state index is 0.318. The molecular formula is C11H18O. The largest absolute Gasteiger partial charge is 0.374 e. The molecule has 0 rings (SSSR count). The highest BCUT2D eigenvalue weighted by Crippen LogP contribution is 2.02. The second-order valence-electron chi connectivity index (χ2n) is 2.71. The van der Waals surface area contributed by atoms with Gasteiger partial charge in [-0.2, -0.15) is 0 Å². The van der Waals surface area contributed by atoms with E-state index in [2.05, 4.69) is 27.0 Å². The number of allylic oxidation sites excluding steroid dienone is 2. The Labute approximate surface area is 75.4 Å². The van der Waals surface area contributed by atoms with Gasteiger partial charge < -0.3 is 4.74 Å². The molecular weight excluding hydrogens is 148 g/mol. The molecule has 0 N–H and O–H groups in total. The topological polar surface area (TPSA) is 9.23 Å². The third-order valence-electron chi connectivity index (χ3n) is 1.70. The fraction of sp³-hybridized carbons (Fsp3) is 0.455. The van der Waals surface area contributed by atoms with E-state index in [-0.39, 0.29) is 0 Å². The second kappa shape index (κ2) is 6.86. The Morgan fingerprint density at radius 3 is 2.58 bits per heavy atom. The van der Waals surface area contributed by atoms with Crippen molar-refractivity contribution in [3.8, 4) is 0 Å². The van der Waals surface area contributed by atoms with Crippen LogP contribution in [0.1, 0.15) is 20.3 Å². The zero-order valence-corrected chi connectivity index (χ0v) is 8.05. The molecule has 1 unspecified atom stereocenters. The Kier molecular flexibility index (Phi) is 6.39. The Morgan fingerprint density at radius 2 is 2.17 bits per heavy atom. The van der Waals surface area contributed by atoms with Gasteiger partial charge in [-0.05, 0) is 18.9 Å². The highest BCUT2D eigenvalue weighted by atomic mass is 16.5. The van der Waals surface area contributed by atoms with Crippen molar-refractivity contribution in [3.63, 3.8) is 0 Å². The summed E-state index contributed by atoms with van der Waals surface area (Å²) in [4.78, 5) is 0. The maximum atomic E-state index is 5.51. The first-order valence-electron chi connectivity index (χ1n) is 4.30. The normalized spacial score (nSPS) is 14.0. The van der Waals surface area contributed by atoms with Crippen LogP contribution in [0, 0.1) is 0 Å². The van der Waals surface area contributed by atoms with Crippen LogP contribution in [0.5, 0.6) is 0 Å². The lowest BCUT2D eigenvalue weighted by Crippen LogP contribution is -2.08. The fourth-order valence-electron chi connectivity index (χ4n) is 0.683. The van der Waals surface area contributed by atoms with Crippen LogP contribution >= 0.6 is 0 Å². The van der Waals surface area contributed by atoms with E-state index in [0.717, 1.165) is 12.0 Å². The van der Waals surface area contributed by atoms with Gasteiger partial charge in [0.25, 0.3) is 0 Å². The summed E-state index contributed by atoms with van der Waals surface area (Å²) in [6.45, 7) is 12.1. The van der Waals surface area contributed by atoms with Crippen LogP contribution in [-0.2, 0) is 4.74 Å². The molecule has 0 aliphatic heterocycles. The zero-order chi connectivity index (χ0) is 9.40. The Hall–Kier alpha value is -0.820. The summed E-state index contributed by atoms with van der Waals surface area (Å²) in [6, 6.07) is 0. The molecule has 0 aliphatic rings. The van der Waals surface area contributed by atoms with Gasteiger partial charge >= 0.3 is 0 Å². The Bertz CT molecular complexity index is 168. The number of hydrogen-bond donors (Lipinski definition) is 0. The first-order valence-corrected chi connectivity index (χ1v) is 4.30. The molecule has 0 spiro atoms. The predicted molar refractivity (Wildman–Crippen MR) is 54.2 cm³/mol. The predicted octanol–water partition coefficient (Wildman–Crippen LogP) is 3.10. The minimum Gasteiger partial charge on any atom is -0.374 e. The smallest absolute Gasteiger partial charge is 0.0720 e. The summed E-state index contributed by atoms with van der Waals surface area (Å²) in [5.74, 6) is 0. The molecule has 0 aliphatic carbocycles. The standard InChI is InChI=1S/C11H18O/c1-5-8-11(7-3)9-12-10(4)6-2/h5,7-8,10H,1,3,6,9H2,2,4H3/b11-8+. The molecule has 68 valence electrons. The van der Waals surface area contributed by atoms with Crippen molar-refractivity contribution in [2.24, 2.45) is 0 Å². The molecule has 0 saturated carbocycles. The van der Waals surface area contributed by atoms with Crippen LogP contribution in [0.25, 0.3) is 0 Å². The van der Waals surface area contributed by atoms with Crippen molar-refractivity contribution in [2.45, 2.75) is 26.4 Å². The number of ether oxygens (including phenoxy) is 1. The molecule has 0 heterocycles. The molecule has 0 fully saturated rings. The first-order chi connectivity index (χ1) is 5.74. The molecule has 0 amide bonds. The Balaban J connectivity index is 3.80. The average Bonchev–Trinajstić information content (AvgIpc) is 2.11. The third kappa shape index (κ3) is 4.91. The minimum atomic E-state index is 0.318. The Morgan fingerprint density at radius 1 is 1.50 bits per heavy atom. The van der Waals surface area contributed by atoms with Crippen LogP contribution in [0.3, 0.4) is 0 Å². The van der Waals surface area contributed by atoms with Crippen molar-refractivity contribution in [2.75, 3.05) is 6.61 Å². The molecule has 0 radical (unpaired) electrons. The van der Waals surface area contributed by atoms with E-state index < -0.39 is 0 Å². The van der Waals surface area contributed by atoms with Crippen molar-refractivity contribution < 1.29 is 4.74 Å². The van der Waals surface area contributed by atoms with E-state index in [4.69, 9.17) is 4.74 Å². The van der Waals surface area contributed by atoms with Crippen LogP contribution in [-0.4, -0.2) is 12.7 Å². The monoisotopic (exact) mass is 166 g/mol. The fourth-order valence-corrected chi connectivity index (χ4v) is 0.683. The van der Waals surface area contributed by atoms with Crippen LogP contribution in [0.2, 0.25) is 0 Å². The van der Waals surface area contributed by atoms with E-state index >= 15 is 0 Å². The molecule has 0 bridgehead atoms.